The third-order valence-corrected chi connectivity index (χ3v) is 3.31. The van der Waals surface area contributed by atoms with Crippen molar-refractivity contribution in [3.63, 3.8) is 0 Å². The number of aromatic nitrogens is 2. The molecule has 0 unspecified atom stereocenters. The minimum atomic E-state index is -4.53. The van der Waals surface area contributed by atoms with E-state index in [0.29, 0.717) is 12.4 Å². The van der Waals surface area contributed by atoms with E-state index in [1.54, 1.807) is 18.0 Å². The van der Waals surface area contributed by atoms with Crippen molar-refractivity contribution >= 4 is 11.6 Å². The predicted octanol–water partition coefficient (Wildman–Crippen LogP) is 2.92. The molecule has 1 aliphatic carbocycles. The predicted molar refractivity (Wildman–Crippen MR) is 67.2 cm³/mol. The lowest BCUT2D eigenvalue weighted by molar-refractivity contribution is -0.144. The molecule has 0 amide bonds. The van der Waals surface area contributed by atoms with Gasteiger partial charge in [-0.25, -0.2) is 9.97 Å². The first kappa shape index (κ1) is 13.9. The summed E-state index contributed by atoms with van der Waals surface area (Å²) < 4.78 is 38.3. The number of rotatable bonds is 4. The Labute approximate surface area is 110 Å². The largest absolute Gasteiger partial charge is 0.451 e. The maximum atomic E-state index is 12.8. The summed E-state index contributed by atoms with van der Waals surface area (Å²) in [5.74, 6) is -0.555. The molecule has 1 heterocycles. The van der Waals surface area contributed by atoms with Gasteiger partial charge in [-0.2, -0.15) is 13.2 Å². The fourth-order valence-corrected chi connectivity index (χ4v) is 1.97. The lowest BCUT2D eigenvalue weighted by Crippen LogP contribution is -2.38. The summed E-state index contributed by atoms with van der Waals surface area (Å²) >= 11 is 0. The van der Waals surface area contributed by atoms with Crippen LogP contribution in [-0.2, 0) is 6.18 Å². The van der Waals surface area contributed by atoms with Gasteiger partial charge in [0, 0.05) is 25.7 Å². The van der Waals surface area contributed by atoms with E-state index >= 15 is 0 Å². The first-order valence-electron chi connectivity index (χ1n) is 6.34. The average molecular weight is 274 g/mol. The zero-order valence-corrected chi connectivity index (χ0v) is 11.0. The summed E-state index contributed by atoms with van der Waals surface area (Å²) in [7, 11) is 1.78. The molecule has 0 atom stereocenters. The van der Waals surface area contributed by atoms with Gasteiger partial charge in [0.15, 0.2) is 0 Å². The van der Waals surface area contributed by atoms with Crippen LogP contribution >= 0.6 is 0 Å². The SMILES string of the molecule is CCNc1cc(N(C)C2CCC2)nc(C(F)(F)F)n1. The quantitative estimate of drug-likeness (QED) is 0.916. The van der Waals surface area contributed by atoms with Crippen molar-refractivity contribution in [1.82, 2.24) is 9.97 Å². The molecule has 1 saturated carbocycles. The van der Waals surface area contributed by atoms with E-state index in [9.17, 15) is 13.2 Å². The van der Waals surface area contributed by atoms with Crippen molar-refractivity contribution in [2.24, 2.45) is 0 Å². The molecule has 106 valence electrons. The van der Waals surface area contributed by atoms with Gasteiger partial charge >= 0.3 is 6.18 Å². The highest BCUT2D eigenvalue weighted by molar-refractivity contribution is 5.50. The number of hydrogen-bond donors (Lipinski definition) is 1. The summed E-state index contributed by atoms with van der Waals surface area (Å²) in [4.78, 5) is 8.95. The van der Waals surface area contributed by atoms with Crippen LogP contribution in [0.15, 0.2) is 6.07 Å². The van der Waals surface area contributed by atoms with Crippen LogP contribution in [-0.4, -0.2) is 29.6 Å². The lowest BCUT2D eigenvalue weighted by atomic mass is 9.92. The van der Waals surface area contributed by atoms with E-state index in [0.717, 1.165) is 19.3 Å². The number of hydrogen-bond acceptors (Lipinski definition) is 4. The third kappa shape index (κ3) is 3.08. The van der Waals surface area contributed by atoms with E-state index < -0.39 is 12.0 Å². The average Bonchev–Trinajstić information content (AvgIpc) is 2.25. The van der Waals surface area contributed by atoms with Crippen molar-refractivity contribution in [3.8, 4) is 0 Å². The Morgan fingerprint density at radius 1 is 1.37 bits per heavy atom. The van der Waals surface area contributed by atoms with Crippen LogP contribution in [0.2, 0.25) is 0 Å². The molecule has 0 aliphatic heterocycles. The Bertz CT molecular complexity index is 443. The first-order chi connectivity index (χ1) is 8.91. The van der Waals surface area contributed by atoms with E-state index in [-0.39, 0.29) is 11.9 Å². The lowest BCUT2D eigenvalue weighted by Gasteiger charge is -2.35. The van der Waals surface area contributed by atoms with Crippen LogP contribution in [0.1, 0.15) is 32.0 Å². The van der Waals surface area contributed by atoms with E-state index in [4.69, 9.17) is 0 Å². The number of alkyl halides is 3. The minimum Gasteiger partial charge on any atom is -0.370 e. The highest BCUT2D eigenvalue weighted by Crippen LogP contribution is 2.32. The highest BCUT2D eigenvalue weighted by atomic mass is 19.4. The van der Waals surface area contributed by atoms with Crippen LogP contribution in [0.3, 0.4) is 0 Å². The molecular formula is C12H17F3N4. The van der Waals surface area contributed by atoms with Crippen LogP contribution in [0.25, 0.3) is 0 Å². The molecule has 0 radical (unpaired) electrons. The van der Waals surface area contributed by atoms with Gasteiger partial charge in [0.25, 0.3) is 0 Å². The minimum absolute atomic E-state index is 0.214. The van der Waals surface area contributed by atoms with Crippen LogP contribution in [0, 0.1) is 0 Å². The first-order valence-corrected chi connectivity index (χ1v) is 6.34. The zero-order chi connectivity index (χ0) is 14.0. The highest BCUT2D eigenvalue weighted by Gasteiger charge is 2.36. The smallest absolute Gasteiger partial charge is 0.370 e. The second-order valence-corrected chi connectivity index (χ2v) is 4.66. The molecule has 1 fully saturated rings. The molecule has 0 bridgehead atoms. The Kier molecular flexibility index (Phi) is 3.82. The van der Waals surface area contributed by atoms with Gasteiger partial charge in [-0.1, -0.05) is 0 Å². The van der Waals surface area contributed by atoms with Crippen LogP contribution < -0.4 is 10.2 Å². The molecule has 1 N–H and O–H groups in total. The fraction of sp³-hybridized carbons (Fsp3) is 0.667. The number of nitrogens with zero attached hydrogens (tertiary/aromatic N) is 3. The maximum Gasteiger partial charge on any atom is 0.451 e. The molecule has 1 aliphatic rings. The van der Waals surface area contributed by atoms with Crippen LogP contribution in [0.4, 0.5) is 24.8 Å². The molecule has 1 aromatic heterocycles. The van der Waals surface area contributed by atoms with Crippen molar-refractivity contribution < 1.29 is 13.2 Å². The molecule has 7 heteroatoms. The molecule has 0 saturated heterocycles. The van der Waals surface area contributed by atoms with Gasteiger partial charge in [0.1, 0.15) is 11.6 Å². The normalized spacial score (nSPS) is 16.1. The maximum absolute atomic E-state index is 12.8. The zero-order valence-electron chi connectivity index (χ0n) is 11.0. The third-order valence-electron chi connectivity index (χ3n) is 3.31. The van der Waals surface area contributed by atoms with Gasteiger partial charge in [0.05, 0.1) is 0 Å². The van der Waals surface area contributed by atoms with Crippen LogP contribution in [0.5, 0.6) is 0 Å². The van der Waals surface area contributed by atoms with Crippen molar-refractivity contribution in [2.75, 3.05) is 23.8 Å². The molecule has 0 aromatic carbocycles. The van der Waals surface area contributed by atoms with Gasteiger partial charge < -0.3 is 10.2 Å². The second-order valence-electron chi connectivity index (χ2n) is 4.66. The molecule has 0 spiro atoms. The summed E-state index contributed by atoms with van der Waals surface area (Å²) in [6.07, 6.45) is -1.41. The second kappa shape index (κ2) is 5.22. The molecule has 1 aromatic rings. The Morgan fingerprint density at radius 2 is 2.05 bits per heavy atom. The van der Waals surface area contributed by atoms with Gasteiger partial charge in [-0.15, -0.1) is 0 Å². The Morgan fingerprint density at radius 3 is 2.53 bits per heavy atom. The van der Waals surface area contributed by atoms with Crippen molar-refractivity contribution in [2.45, 2.75) is 38.4 Å². The topological polar surface area (TPSA) is 41.0 Å². The van der Waals surface area contributed by atoms with Gasteiger partial charge in [-0.05, 0) is 26.2 Å². The molecule has 4 nitrogen and oxygen atoms in total. The Balaban J connectivity index is 2.33. The summed E-state index contributed by atoms with van der Waals surface area (Å²) in [5.41, 5.74) is 0. The molecule has 19 heavy (non-hydrogen) atoms. The number of halogens is 3. The molecule has 2 rings (SSSR count). The van der Waals surface area contributed by atoms with Crippen molar-refractivity contribution in [3.05, 3.63) is 11.9 Å². The summed E-state index contributed by atoms with van der Waals surface area (Å²) in [6, 6.07) is 1.85. The monoisotopic (exact) mass is 274 g/mol. The van der Waals surface area contributed by atoms with Gasteiger partial charge in [0.2, 0.25) is 5.82 Å². The standard InChI is InChI=1S/C12H17F3N4/c1-3-16-9-7-10(19(2)8-5-4-6-8)18-11(17-9)12(13,14)15/h7-8H,3-6H2,1-2H3,(H,16,17,18). The Hall–Kier alpha value is -1.53. The fourth-order valence-electron chi connectivity index (χ4n) is 1.97. The van der Waals surface area contributed by atoms with Gasteiger partial charge in [-0.3, -0.25) is 0 Å². The summed E-state index contributed by atoms with van der Waals surface area (Å²) in [6.45, 7) is 2.32. The number of nitrogens with one attached hydrogen (secondary N) is 1. The number of anilines is 2. The van der Waals surface area contributed by atoms with Crippen molar-refractivity contribution in [1.29, 1.82) is 0 Å². The summed E-state index contributed by atoms with van der Waals surface area (Å²) in [5, 5.41) is 2.81. The molecular weight excluding hydrogens is 257 g/mol. The van der Waals surface area contributed by atoms with E-state index in [1.807, 2.05) is 6.92 Å². The van der Waals surface area contributed by atoms with E-state index in [2.05, 4.69) is 15.3 Å². The van der Waals surface area contributed by atoms with E-state index in [1.165, 1.54) is 0 Å².